The van der Waals surface area contributed by atoms with Gasteiger partial charge in [-0.3, -0.25) is 4.55 Å². The lowest BCUT2D eigenvalue weighted by atomic mass is 9.94. The van der Waals surface area contributed by atoms with Crippen LogP contribution in [0.3, 0.4) is 0 Å². The van der Waals surface area contributed by atoms with Gasteiger partial charge in [0.1, 0.15) is 0 Å². The molecule has 0 fully saturated rings. The highest BCUT2D eigenvalue weighted by Gasteiger charge is 2.12. The van der Waals surface area contributed by atoms with Crippen LogP contribution in [0, 0.1) is 0 Å². The largest absolute Gasteiger partial charge is 0.294 e. The van der Waals surface area contributed by atoms with Crippen LogP contribution in [0.1, 0.15) is 76.3 Å². The van der Waals surface area contributed by atoms with E-state index in [1.165, 1.54) is 55.7 Å². The first-order valence-corrected chi connectivity index (χ1v) is 11.4. The van der Waals surface area contributed by atoms with Gasteiger partial charge in [-0.15, -0.1) is 0 Å². The summed E-state index contributed by atoms with van der Waals surface area (Å²) in [5.74, 6) is 0. The van der Waals surface area contributed by atoms with Gasteiger partial charge in [0.25, 0.3) is 10.1 Å². The molecule has 26 heavy (non-hydrogen) atoms. The molecule has 0 bridgehead atoms. The average molecular weight is 377 g/mol. The Labute approximate surface area is 158 Å². The summed E-state index contributed by atoms with van der Waals surface area (Å²) >= 11 is 0. The summed E-state index contributed by atoms with van der Waals surface area (Å²) in [5.41, 5.74) is 2.57. The first kappa shape index (κ1) is 20.9. The highest BCUT2D eigenvalue weighted by Crippen LogP contribution is 2.27. The molecule has 3 nitrogen and oxygen atoms in total. The zero-order chi connectivity index (χ0) is 19.0. The highest BCUT2D eigenvalue weighted by molar-refractivity contribution is 7.85. The van der Waals surface area contributed by atoms with Crippen LogP contribution in [0.15, 0.2) is 35.2 Å². The van der Waals surface area contributed by atoms with Gasteiger partial charge in [0.05, 0.1) is 4.90 Å². The molecule has 0 aliphatic carbocycles. The fraction of sp³-hybridized carbons (Fsp3) is 0.545. The number of aryl methyl sites for hydroxylation is 2. The van der Waals surface area contributed by atoms with Crippen LogP contribution < -0.4 is 0 Å². The lowest BCUT2D eigenvalue weighted by molar-refractivity contribution is 0.483. The number of hydrogen-bond acceptors (Lipinski definition) is 2. The second-order valence-corrected chi connectivity index (χ2v) is 8.66. The van der Waals surface area contributed by atoms with Gasteiger partial charge in [-0.25, -0.2) is 0 Å². The molecule has 144 valence electrons. The fourth-order valence-corrected chi connectivity index (χ4v) is 4.02. The van der Waals surface area contributed by atoms with Crippen LogP contribution in [0.25, 0.3) is 10.8 Å². The minimum absolute atomic E-state index is 0.0231. The molecule has 0 spiro atoms. The van der Waals surface area contributed by atoms with Gasteiger partial charge in [-0.1, -0.05) is 70.6 Å². The molecule has 2 rings (SSSR count). The normalized spacial score (nSPS) is 12.0. The molecule has 0 aromatic heterocycles. The molecule has 4 heteroatoms. The lowest BCUT2D eigenvalue weighted by Gasteiger charge is -2.12. The Balaban J connectivity index is 2.31. The first-order valence-electron chi connectivity index (χ1n) is 9.98. The van der Waals surface area contributed by atoms with E-state index in [-0.39, 0.29) is 4.90 Å². The maximum absolute atomic E-state index is 11.5. The Morgan fingerprint density at radius 3 is 2.08 bits per heavy atom. The number of hydrogen-bond donors (Lipinski definition) is 1. The molecule has 0 radical (unpaired) electrons. The van der Waals surface area contributed by atoms with E-state index in [0.29, 0.717) is 0 Å². The molecule has 0 saturated carbocycles. The second kappa shape index (κ2) is 10.1. The predicted molar refractivity (Wildman–Crippen MR) is 109 cm³/mol. The van der Waals surface area contributed by atoms with E-state index >= 15 is 0 Å². The summed E-state index contributed by atoms with van der Waals surface area (Å²) in [4.78, 5) is -0.0231. The molecule has 0 saturated heterocycles. The molecule has 1 N–H and O–H groups in total. The molecule has 2 aromatic rings. The molecular weight excluding hydrogens is 344 g/mol. The highest BCUT2D eigenvalue weighted by atomic mass is 32.2. The molecule has 0 atom stereocenters. The van der Waals surface area contributed by atoms with Crippen LogP contribution in [-0.4, -0.2) is 13.0 Å². The third kappa shape index (κ3) is 6.10. The van der Waals surface area contributed by atoms with Crippen molar-refractivity contribution in [1.29, 1.82) is 0 Å². The van der Waals surface area contributed by atoms with E-state index in [1.807, 2.05) is 6.07 Å². The third-order valence-corrected chi connectivity index (χ3v) is 5.84. The first-order chi connectivity index (χ1) is 12.5. The topological polar surface area (TPSA) is 54.4 Å². The number of fused-ring (bicyclic) bond motifs is 1. The van der Waals surface area contributed by atoms with Gasteiger partial charge in [-0.05, 0) is 59.7 Å². The summed E-state index contributed by atoms with van der Waals surface area (Å²) < 4.78 is 32.3. The monoisotopic (exact) mass is 376 g/mol. The zero-order valence-corrected chi connectivity index (χ0v) is 16.9. The smallest absolute Gasteiger partial charge is 0.282 e. The zero-order valence-electron chi connectivity index (χ0n) is 16.1. The standard InChI is InChI=1S/C22H32O3S/c1-3-5-7-9-11-18-15-19(12-10-8-6-4-2)22-14-13-21(26(23,24)25)17-20(22)16-18/h13-17H,3-12H2,1-2H3,(H,23,24,25). The van der Waals surface area contributed by atoms with E-state index in [1.54, 1.807) is 6.07 Å². The van der Waals surface area contributed by atoms with Gasteiger partial charge >= 0.3 is 0 Å². The van der Waals surface area contributed by atoms with E-state index in [4.69, 9.17) is 0 Å². The summed E-state index contributed by atoms with van der Waals surface area (Å²) in [5, 5.41) is 2.02. The lowest BCUT2D eigenvalue weighted by Crippen LogP contribution is -1.99. The van der Waals surface area contributed by atoms with Gasteiger partial charge in [0, 0.05) is 0 Å². The van der Waals surface area contributed by atoms with Crippen LogP contribution in [0.5, 0.6) is 0 Å². The van der Waals surface area contributed by atoms with Crippen molar-refractivity contribution in [2.75, 3.05) is 0 Å². The summed E-state index contributed by atoms with van der Waals surface area (Å²) in [6.07, 6.45) is 11.8. The van der Waals surface area contributed by atoms with Crippen molar-refractivity contribution < 1.29 is 13.0 Å². The van der Waals surface area contributed by atoms with Crippen molar-refractivity contribution >= 4 is 20.9 Å². The Kier molecular flexibility index (Phi) is 8.11. The van der Waals surface area contributed by atoms with Crippen molar-refractivity contribution in [3.63, 3.8) is 0 Å². The van der Waals surface area contributed by atoms with E-state index < -0.39 is 10.1 Å². The minimum Gasteiger partial charge on any atom is -0.282 e. The maximum atomic E-state index is 11.5. The molecule has 0 heterocycles. The van der Waals surface area contributed by atoms with Crippen molar-refractivity contribution in [3.05, 3.63) is 41.5 Å². The van der Waals surface area contributed by atoms with Gasteiger partial charge < -0.3 is 0 Å². The van der Waals surface area contributed by atoms with Crippen molar-refractivity contribution in [2.45, 2.75) is 83.0 Å². The summed E-state index contributed by atoms with van der Waals surface area (Å²) in [7, 11) is -4.17. The quantitative estimate of drug-likeness (QED) is 0.368. The van der Waals surface area contributed by atoms with E-state index in [0.717, 1.165) is 36.5 Å². The molecule has 0 unspecified atom stereocenters. The van der Waals surface area contributed by atoms with Crippen molar-refractivity contribution in [3.8, 4) is 0 Å². The van der Waals surface area contributed by atoms with E-state index in [9.17, 15) is 13.0 Å². The maximum Gasteiger partial charge on any atom is 0.294 e. The Hall–Kier alpha value is -1.39. The Morgan fingerprint density at radius 2 is 1.46 bits per heavy atom. The van der Waals surface area contributed by atoms with Crippen LogP contribution in [0.2, 0.25) is 0 Å². The van der Waals surface area contributed by atoms with Crippen molar-refractivity contribution in [1.82, 2.24) is 0 Å². The van der Waals surface area contributed by atoms with Gasteiger partial charge in [0.15, 0.2) is 0 Å². The van der Waals surface area contributed by atoms with Crippen LogP contribution in [-0.2, 0) is 23.0 Å². The fourth-order valence-electron chi connectivity index (χ4n) is 3.51. The molecule has 2 aromatic carbocycles. The molecule has 0 aliphatic heterocycles. The predicted octanol–water partition coefficient (Wildman–Crippen LogP) is 6.33. The summed E-state index contributed by atoms with van der Waals surface area (Å²) in [6.45, 7) is 4.42. The number of benzene rings is 2. The molecule has 0 amide bonds. The minimum atomic E-state index is -4.17. The number of unbranched alkanes of at least 4 members (excludes halogenated alkanes) is 6. The van der Waals surface area contributed by atoms with Gasteiger partial charge in [0.2, 0.25) is 0 Å². The molecular formula is C22H32O3S. The van der Waals surface area contributed by atoms with Gasteiger partial charge in [-0.2, -0.15) is 8.42 Å². The Morgan fingerprint density at radius 1 is 0.808 bits per heavy atom. The SMILES string of the molecule is CCCCCCc1cc(CCCCCC)c2ccc(S(=O)(=O)O)cc2c1. The van der Waals surface area contributed by atoms with Crippen LogP contribution in [0.4, 0.5) is 0 Å². The third-order valence-electron chi connectivity index (χ3n) is 4.99. The number of rotatable bonds is 11. The second-order valence-electron chi connectivity index (χ2n) is 7.23. The molecule has 0 aliphatic rings. The van der Waals surface area contributed by atoms with Crippen LogP contribution >= 0.6 is 0 Å². The average Bonchev–Trinajstić information content (AvgIpc) is 2.61. The Bertz CT molecular complexity index is 809. The summed E-state index contributed by atoms with van der Waals surface area (Å²) in [6, 6.07) is 9.34. The van der Waals surface area contributed by atoms with E-state index in [2.05, 4.69) is 26.0 Å². The van der Waals surface area contributed by atoms with Crippen molar-refractivity contribution in [2.24, 2.45) is 0 Å².